The van der Waals surface area contributed by atoms with E-state index in [1.165, 1.54) is 0 Å². The maximum absolute atomic E-state index is 13.5. The third kappa shape index (κ3) is 4.86. The lowest BCUT2D eigenvalue weighted by atomic mass is 10.0. The van der Waals surface area contributed by atoms with Crippen LogP contribution in [0.4, 0.5) is 0 Å². The third-order valence-corrected chi connectivity index (χ3v) is 6.40. The van der Waals surface area contributed by atoms with Crippen molar-refractivity contribution in [2.45, 2.75) is 25.7 Å². The van der Waals surface area contributed by atoms with Crippen molar-refractivity contribution in [3.8, 4) is 11.1 Å². The largest absolute Gasteiger partial charge is 0.350 e. The van der Waals surface area contributed by atoms with Crippen LogP contribution < -0.4 is 10.1 Å². The number of hydrogen-bond donors (Lipinski definition) is 2. The number of benzene rings is 2. The van der Waals surface area contributed by atoms with E-state index in [4.69, 9.17) is 11.6 Å². The maximum atomic E-state index is 13.5. The zero-order valence-electron chi connectivity index (χ0n) is 18.3. The topological polar surface area (TPSA) is 91.9 Å². The van der Waals surface area contributed by atoms with Gasteiger partial charge in [0.25, 0.3) is 5.88 Å². The van der Waals surface area contributed by atoms with E-state index in [1.807, 2.05) is 57.2 Å². The summed E-state index contributed by atoms with van der Waals surface area (Å²) >= 11 is 7.39. The smallest absolute Gasteiger partial charge is 0.322 e. The van der Waals surface area contributed by atoms with Gasteiger partial charge in [-0.2, -0.15) is 0 Å². The quantitative estimate of drug-likeness (QED) is 0.127. The molecule has 1 amide bonds. The first kappa shape index (κ1) is 22.8. The average Bonchev–Trinajstić information content (AvgIpc) is 3.13. The van der Waals surface area contributed by atoms with E-state index in [-0.39, 0.29) is 16.7 Å². The highest BCUT2D eigenvalue weighted by Gasteiger charge is 2.24. The number of carbonyl (C=O) groups is 1. The van der Waals surface area contributed by atoms with Crippen molar-refractivity contribution in [1.82, 2.24) is 4.98 Å². The molecule has 0 saturated heterocycles. The molecule has 2 aromatic carbocycles. The molecule has 0 bridgehead atoms. The molecule has 9 heteroatoms. The van der Waals surface area contributed by atoms with Gasteiger partial charge in [0, 0.05) is 57.3 Å². The summed E-state index contributed by atoms with van der Waals surface area (Å²) in [5.74, 6) is -0.543. The number of nitrogens with one attached hydrogen (secondary N) is 2. The van der Waals surface area contributed by atoms with Crippen LogP contribution in [-0.4, -0.2) is 21.7 Å². The van der Waals surface area contributed by atoms with E-state index < -0.39 is 0 Å². The van der Waals surface area contributed by atoms with Gasteiger partial charge in [-0.15, -0.1) is 5.43 Å². The van der Waals surface area contributed by atoms with Gasteiger partial charge in [0.2, 0.25) is 11.4 Å². The number of pyridine rings is 1. The normalized spacial score (nSPS) is 11.0. The van der Waals surface area contributed by atoms with Crippen molar-refractivity contribution in [2.24, 2.45) is 0 Å². The van der Waals surface area contributed by atoms with Gasteiger partial charge in [-0.25, -0.2) is 0 Å². The standard InChI is InChI=1S/C24H21ClN4O3S/c1-14-9-15(2)29(16(3)10-14)27-24(30)23-22(17-5-4-6-18(25)11-17)20-12-19(33-13-28(31)32)7-8-21(20)26-23/h4-12H,13H2,1-3H3,(H-,26,27,30)/p+1. The highest BCUT2D eigenvalue weighted by molar-refractivity contribution is 7.99. The predicted octanol–water partition coefficient (Wildman–Crippen LogP) is 5.41. The number of aromatic amines is 1. The molecule has 4 aromatic rings. The maximum Gasteiger partial charge on any atom is 0.322 e. The molecule has 2 heterocycles. The molecule has 0 aliphatic heterocycles. The van der Waals surface area contributed by atoms with Gasteiger partial charge in [0.1, 0.15) is 5.69 Å². The fraction of sp³-hybridized carbons (Fsp3) is 0.167. The summed E-state index contributed by atoms with van der Waals surface area (Å²) in [6, 6.07) is 16.8. The molecule has 7 nitrogen and oxygen atoms in total. The molecule has 0 saturated carbocycles. The first-order valence-corrected chi connectivity index (χ1v) is 11.6. The van der Waals surface area contributed by atoms with Crippen LogP contribution in [0.3, 0.4) is 0 Å². The number of aryl methyl sites for hydroxylation is 3. The number of fused-ring (bicyclic) bond motifs is 1. The Balaban J connectivity index is 1.84. The zero-order valence-corrected chi connectivity index (χ0v) is 19.9. The van der Waals surface area contributed by atoms with Crippen LogP contribution in [-0.2, 0) is 0 Å². The first-order chi connectivity index (χ1) is 15.7. The highest BCUT2D eigenvalue weighted by atomic mass is 35.5. The van der Waals surface area contributed by atoms with E-state index >= 15 is 0 Å². The fourth-order valence-electron chi connectivity index (χ4n) is 3.94. The molecule has 0 unspecified atom stereocenters. The number of rotatable bonds is 6. The van der Waals surface area contributed by atoms with Crippen molar-refractivity contribution >= 4 is 40.2 Å². The lowest BCUT2D eigenvalue weighted by molar-refractivity contribution is -0.654. The van der Waals surface area contributed by atoms with Crippen molar-refractivity contribution in [1.29, 1.82) is 0 Å². The molecule has 33 heavy (non-hydrogen) atoms. The van der Waals surface area contributed by atoms with E-state index in [1.54, 1.807) is 22.9 Å². The minimum Gasteiger partial charge on any atom is -0.350 e. The van der Waals surface area contributed by atoms with E-state index in [0.717, 1.165) is 50.1 Å². The van der Waals surface area contributed by atoms with Gasteiger partial charge in [-0.05, 0) is 60.1 Å². The Hall–Kier alpha value is -3.36. The van der Waals surface area contributed by atoms with Crippen molar-refractivity contribution < 1.29 is 14.4 Å². The SMILES string of the molecule is Cc1cc(C)[n+](NC(=O)c2[nH]c3ccc(SC[N+](=O)[O-])cc3c2-c2cccc(Cl)c2)c(C)c1. The van der Waals surface area contributed by atoms with Crippen LogP contribution >= 0.6 is 23.4 Å². The Morgan fingerprint density at radius 2 is 1.85 bits per heavy atom. The lowest BCUT2D eigenvalue weighted by Gasteiger charge is -2.08. The van der Waals surface area contributed by atoms with E-state index in [2.05, 4.69) is 10.4 Å². The summed E-state index contributed by atoms with van der Waals surface area (Å²) < 4.78 is 1.75. The minimum atomic E-state index is -0.369. The van der Waals surface area contributed by atoms with Crippen LogP contribution in [0.2, 0.25) is 5.02 Å². The van der Waals surface area contributed by atoms with Crippen LogP contribution in [0.5, 0.6) is 0 Å². The van der Waals surface area contributed by atoms with Crippen molar-refractivity contribution in [3.05, 3.63) is 92.4 Å². The number of thioether (sulfide) groups is 1. The van der Waals surface area contributed by atoms with Gasteiger partial charge in [0.05, 0.1) is 0 Å². The summed E-state index contributed by atoms with van der Waals surface area (Å²) in [6.07, 6.45) is 0. The Bertz CT molecular complexity index is 1380. The number of H-pyrrole nitrogens is 1. The summed E-state index contributed by atoms with van der Waals surface area (Å²) in [6.45, 7) is 5.88. The monoisotopic (exact) mass is 481 g/mol. The summed E-state index contributed by atoms with van der Waals surface area (Å²) in [4.78, 5) is 27.9. The van der Waals surface area contributed by atoms with Crippen LogP contribution in [0, 0.1) is 30.9 Å². The van der Waals surface area contributed by atoms with Crippen molar-refractivity contribution in [2.75, 3.05) is 11.3 Å². The molecule has 0 aliphatic carbocycles. The van der Waals surface area contributed by atoms with Crippen LogP contribution in [0.15, 0.2) is 59.5 Å². The zero-order chi connectivity index (χ0) is 23.7. The molecule has 2 N–H and O–H groups in total. The second-order valence-corrected chi connectivity index (χ2v) is 9.25. The minimum absolute atomic E-state index is 0.238. The number of aromatic nitrogens is 2. The molecule has 0 spiro atoms. The van der Waals surface area contributed by atoms with Crippen LogP contribution in [0.25, 0.3) is 22.0 Å². The number of hydrogen-bond acceptors (Lipinski definition) is 4. The molecule has 0 aliphatic rings. The molecular weight excluding hydrogens is 460 g/mol. The Labute approximate surface area is 199 Å². The number of amides is 1. The molecular formula is C24H22ClN4O3S+. The predicted molar refractivity (Wildman–Crippen MR) is 131 cm³/mol. The van der Waals surface area contributed by atoms with Gasteiger partial charge in [-0.3, -0.25) is 14.9 Å². The number of carbonyl (C=O) groups excluding carboxylic acids is 1. The first-order valence-electron chi connectivity index (χ1n) is 10.2. The molecule has 168 valence electrons. The summed E-state index contributed by atoms with van der Waals surface area (Å²) in [7, 11) is 0. The molecule has 2 aromatic heterocycles. The van der Waals surface area contributed by atoms with E-state index in [9.17, 15) is 14.9 Å². The van der Waals surface area contributed by atoms with Gasteiger partial charge in [-0.1, -0.05) is 28.4 Å². The number of nitro groups is 1. The molecule has 0 fully saturated rings. The Kier molecular flexibility index (Phi) is 6.40. The molecule has 4 rings (SSSR count). The van der Waals surface area contributed by atoms with Crippen LogP contribution in [0.1, 0.15) is 27.4 Å². The molecule has 0 atom stereocenters. The number of nitrogens with zero attached hydrogens (tertiary/aromatic N) is 2. The summed E-state index contributed by atoms with van der Waals surface area (Å²) in [5.41, 5.74) is 8.50. The number of halogens is 1. The molecule has 0 radical (unpaired) electrons. The lowest BCUT2D eigenvalue weighted by Crippen LogP contribution is -2.53. The second kappa shape index (κ2) is 9.25. The summed E-state index contributed by atoms with van der Waals surface area (Å²) in [5, 5.41) is 12.2. The third-order valence-electron chi connectivity index (χ3n) is 5.24. The van der Waals surface area contributed by atoms with Gasteiger partial charge < -0.3 is 4.98 Å². The highest BCUT2D eigenvalue weighted by Crippen LogP contribution is 2.36. The Morgan fingerprint density at radius 3 is 2.52 bits per heavy atom. The van der Waals surface area contributed by atoms with Crippen molar-refractivity contribution in [3.63, 3.8) is 0 Å². The second-order valence-electron chi connectivity index (χ2n) is 7.79. The average molecular weight is 482 g/mol. The Morgan fingerprint density at radius 1 is 1.12 bits per heavy atom. The van der Waals surface area contributed by atoms with E-state index in [0.29, 0.717) is 16.3 Å². The van der Waals surface area contributed by atoms with Gasteiger partial charge >= 0.3 is 5.91 Å². The fourth-order valence-corrected chi connectivity index (χ4v) is 4.75. The van der Waals surface area contributed by atoms with Gasteiger partial charge in [0.15, 0.2) is 0 Å².